The van der Waals surface area contributed by atoms with Crippen molar-refractivity contribution in [2.45, 2.75) is 115 Å². The van der Waals surface area contributed by atoms with E-state index in [2.05, 4.69) is 31.9 Å². The highest BCUT2D eigenvalue weighted by molar-refractivity contribution is 7.98. The number of benzene rings is 1. The number of aliphatic carboxylic acids is 1. The lowest BCUT2D eigenvalue weighted by atomic mass is 9.97. The number of thioether (sulfide) groups is 1. The Bertz CT molecular complexity index is 1490. The Labute approximate surface area is 332 Å². The summed E-state index contributed by atoms with van der Waals surface area (Å²) in [5.74, 6) is -7.13. The number of primary amides is 1. The van der Waals surface area contributed by atoms with Gasteiger partial charge in [-0.2, -0.15) is 11.8 Å². The Kier molecular flexibility index (Phi) is 22.4. The number of nitrogens with two attached hydrogens (primary N) is 2. The third-order valence-electron chi connectivity index (χ3n) is 9.33. The van der Waals surface area contributed by atoms with Gasteiger partial charge in [-0.25, -0.2) is 4.79 Å². The molecule has 19 heteroatoms. The molecule has 0 aliphatic rings. The third-order valence-corrected chi connectivity index (χ3v) is 9.97. The summed E-state index contributed by atoms with van der Waals surface area (Å²) in [6.45, 7) is 7.60. The van der Waals surface area contributed by atoms with E-state index < -0.39 is 102 Å². The van der Waals surface area contributed by atoms with Gasteiger partial charge in [-0.3, -0.25) is 33.6 Å². The molecule has 0 saturated carbocycles. The molecule has 0 bridgehead atoms. The van der Waals surface area contributed by atoms with Crippen LogP contribution in [-0.2, 0) is 44.8 Å². The molecule has 0 radical (unpaired) electrons. The van der Waals surface area contributed by atoms with Gasteiger partial charge >= 0.3 is 5.97 Å². The number of aliphatic hydroxyl groups excluding tert-OH is 1. The SMILES string of the molecule is CC[C@H](C)[C@H](NC(=O)[C@H](C)NC(=O)[C@@H](NC(=O)[C@H](CCC(N)=O)NC(=O)[C@H](CCSC)NC(=O)[C@H](Cc1ccccc1)NC(=O)[C@@H](N)CO)[C@@H](C)CC)C(=O)O. The highest BCUT2D eigenvalue weighted by Crippen LogP contribution is 2.12. The van der Waals surface area contributed by atoms with E-state index in [9.17, 15) is 48.6 Å². The fourth-order valence-electron chi connectivity index (χ4n) is 5.31. The van der Waals surface area contributed by atoms with E-state index in [1.165, 1.54) is 18.7 Å². The summed E-state index contributed by atoms with van der Waals surface area (Å²) in [4.78, 5) is 104. The summed E-state index contributed by atoms with van der Waals surface area (Å²) in [6, 6.07) is 0.0192. The standard InChI is InChI=1S/C37H60N8O10S/c1-7-20(3)29(36(53)40-22(5)31(48)45-30(37(54)55)21(4)8-2)44-34(51)25(14-15-28(39)47)41-33(50)26(16-17-56-6)42-35(52)27(43-32(49)24(38)19-46)18-23-12-10-9-11-13-23/h9-13,20-22,24-27,29-30,46H,7-8,14-19,38H2,1-6H3,(H2,39,47)(H,40,53)(H,41,50)(H,42,52)(H,43,49)(H,44,51)(H,45,48)(H,54,55)/t20-,21-,22-,24-,25-,26-,27-,29-,30-/m0/s1. The highest BCUT2D eigenvalue weighted by atomic mass is 32.2. The maximum Gasteiger partial charge on any atom is 0.326 e. The van der Waals surface area contributed by atoms with E-state index >= 15 is 0 Å². The number of carboxylic acids is 1. The summed E-state index contributed by atoms with van der Waals surface area (Å²) in [5, 5.41) is 34.3. The number of hydrogen-bond donors (Lipinski definition) is 10. The van der Waals surface area contributed by atoms with Crippen LogP contribution >= 0.6 is 11.8 Å². The van der Waals surface area contributed by atoms with Crippen molar-refractivity contribution in [1.82, 2.24) is 31.9 Å². The van der Waals surface area contributed by atoms with Crippen LogP contribution in [-0.4, -0.2) is 118 Å². The number of carbonyl (C=O) groups is 8. The van der Waals surface area contributed by atoms with Crippen LogP contribution in [0, 0.1) is 11.8 Å². The Hall–Kier alpha value is -4.75. The third kappa shape index (κ3) is 16.9. The molecule has 9 atom stereocenters. The summed E-state index contributed by atoms with van der Waals surface area (Å²) in [7, 11) is 0. The quantitative estimate of drug-likeness (QED) is 0.0521. The monoisotopic (exact) mass is 808 g/mol. The van der Waals surface area contributed by atoms with Gasteiger partial charge in [0.1, 0.15) is 42.3 Å². The first-order chi connectivity index (χ1) is 26.4. The molecule has 0 fully saturated rings. The fourth-order valence-corrected chi connectivity index (χ4v) is 5.78. The van der Waals surface area contributed by atoms with Gasteiger partial charge in [0, 0.05) is 12.8 Å². The van der Waals surface area contributed by atoms with Crippen molar-refractivity contribution in [3.63, 3.8) is 0 Å². The number of rotatable bonds is 26. The first-order valence-corrected chi connectivity index (χ1v) is 20.0. The molecular formula is C37H60N8O10S. The van der Waals surface area contributed by atoms with Crippen LogP contribution in [0.2, 0.25) is 0 Å². The molecule has 1 rings (SSSR count). The number of aliphatic hydroxyl groups is 1. The van der Waals surface area contributed by atoms with Crippen LogP contribution in [0.25, 0.3) is 0 Å². The average molecular weight is 809 g/mol. The smallest absolute Gasteiger partial charge is 0.326 e. The maximum atomic E-state index is 13.8. The second-order valence-electron chi connectivity index (χ2n) is 13.8. The minimum Gasteiger partial charge on any atom is -0.480 e. The zero-order valence-electron chi connectivity index (χ0n) is 33.0. The van der Waals surface area contributed by atoms with E-state index in [1.54, 1.807) is 64.3 Å². The first kappa shape index (κ1) is 49.3. The molecule has 314 valence electrons. The summed E-state index contributed by atoms with van der Waals surface area (Å²) >= 11 is 1.39. The molecule has 0 saturated heterocycles. The largest absolute Gasteiger partial charge is 0.480 e. The lowest BCUT2D eigenvalue weighted by Gasteiger charge is -2.29. The summed E-state index contributed by atoms with van der Waals surface area (Å²) in [6.07, 6.45) is 2.20. The van der Waals surface area contributed by atoms with Gasteiger partial charge in [0.2, 0.25) is 41.4 Å². The van der Waals surface area contributed by atoms with E-state index in [1.807, 2.05) is 0 Å². The number of nitrogens with one attached hydrogen (secondary N) is 6. The van der Waals surface area contributed by atoms with E-state index in [0.717, 1.165) is 0 Å². The number of hydrogen-bond acceptors (Lipinski definition) is 11. The van der Waals surface area contributed by atoms with Gasteiger partial charge in [0.15, 0.2) is 0 Å². The Morgan fingerprint density at radius 2 is 1.18 bits per heavy atom. The molecule has 0 heterocycles. The van der Waals surface area contributed by atoms with Crippen molar-refractivity contribution in [3.8, 4) is 0 Å². The van der Waals surface area contributed by atoms with Crippen LogP contribution in [0.3, 0.4) is 0 Å². The molecule has 7 amide bonds. The van der Waals surface area contributed by atoms with Crippen molar-refractivity contribution in [3.05, 3.63) is 35.9 Å². The Morgan fingerprint density at radius 3 is 1.70 bits per heavy atom. The van der Waals surface area contributed by atoms with Crippen LogP contribution in [0.1, 0.15) is 72.3 Å². The number of amides is 7. The van der Waals surface area contributed by atoms with Crippen LogP contribution in [0.15, 0.2) is 30.3 Å². The molecule has 12 N–H and O–H groups in total. The predicted molar refractivity (Wildman–Crippen MR) is 210 cm³/mol. The molecule has 56 heavy (non-hydrogen) atoms. The fraction of sp³-hybridized carbons (Fsp3) is 0.622. The first-order valence-electron chi connectivity index (χ1n) is 18.6. The number of carboxylic acid groups (broad SMARTS) is 1. The van der Waals surface area contributed by atoms with E-state index in [-0.39, 0.29) is 31.6 Å². The molecule has 0 aliphatic carbocycles. The second kappa shape index (κ2) is 25.4. The molecule has 0 aromatic heterocycles. The lowest BCUT2D eigenvalue weighted by Crippen LogP contribution is -2.61. The van der Waals surface area contributed by atoms with Gasteiger partial charge in [0.25, 0.3) is 0 Å². The molecule has 0 aliphatic heterocycles. The number of carbonyl (C=O) groups excluding carboxylic acids is 7. The van der Waals surface area contributed by atoms with E-state index in [0.29, 0.717) is 24.2 Å². The van der Waals surface area contributed by atoms with Crippen molar-refractivity contribution in [2.75, 3.05) is 18.6 Å². The van der Waals surface area contributed by atoms with Gasteiger partial charge in [-0.15, -0.1) is 0 Å². The molecule has 0 spiro atoms. The van der Waals surface area contributed by atoms with Crippen molar-refractivity contribution >= 4 is 59.1 Å². The van der Waals surface area contributed by atoms with Gasteiger partial charge in [-0.1, -0.05) is 70.9 Å². The molecule has 1 aromatic rings. The predicted octanol–water partition coefficient (Wildman–Crippen LogP) is -1.33. The minimum absolute atomic E-state index is 0.0222. The minimum atomic E-state index is -1.40. The zero-order valence-corrected chi connectivity index (χ0v) is 33.8. The van der Waals surface area contributed by atoms with Crippen molar-refractivity contribution in [2.24, 2.45) is 23.3 Å². The van der Waals surface area contributed by atoms with Gasteiger partial charge in [-0.05, 0) is 49.2 Å². The van der Waals surface area contributed by atoms with Crippen molar-refractivity contribution < 1.29 is 48.6 Å². The van der Waals surface area contributed by atoms with Crippen molar-refractivity contribution in [1.29, 1.82) is 0 Å². The van der Waals surface area contributed by atoms with E-state index in [4.69, 9.17) is 11.5 Å². The molecular weight excluding hydrogens is 749 g/mol. The normalized spacial score (nSPS) is 15.9. The summed E-state index contributed by atoms with van der Waals surface area (Å²) < 4.78 is 0. The van der Waals surface area contributed by atoms with Crippen LogP contribution < -0.4 is 43.4 Å². The lowest BCUT2D eigenvalue weighted by molar-refractivity contribution is -0.143. The molecule has 18 nitrogen and oxygen atoms in total. The van der Waals surface area contributed by atoms with Gasteiger partial charge in [0.05, 0.1) is 6.61 Å². The summed E-state index contributed by atoms with van der Waals surface area (Å²) in [5.41, 5.74) is 11.7. The maximum absolute atomic E-state index is 13.8. The molecule has 1 aromatic carbocycles. The van der Waals surface area contributed by atoms with Crippen LogP contribution in [0.4, 0.5) is 0 Å². The highest BCUT2D eigenvalue weighted by Gasteiger charge is 2.35. The average Bonchev–Trinajstić information content (AvgIpc) is 3.17. The zero-order chi connectivity index (χ0) is 42.5. The topological polar surface area (TPSA) is 301 Å². The second-order valence-corrected chi connectivity index (χ2v) is 14.7. The van der Waals surface area contributed by atoms with Gasteiger partial charge < -0.3 is 53.6 Å². The molecule has 0 unspecified atom stereocenters. The van der Waals surface area contributed by atoms with Crippen LogP contribution in [0.5, 0.6) is 0 Å². The Balaban J connectivity index is 3.30. The Morgan fingerprint density at radius 1 is 0.679 bits per heavy atom.